The minimum absolute atomic E-state index is 0.0824. The van der Waals surface area contributed by atoms with Gasteiger partial charge in [0.1, 0.15) is 6.04 Å². The summed E-state index contributed by atoms with van der Waals surface area (Å²) < 4.78 is 5.33. The number of nitrogens with one attached hydrogen (secondary N) is 2. The third-order valence-electron chi connectivity index (χ3n) is 4.62. The molecule has 1 unspecified atom stereocenters. The molecule has 1 aromatic heterocycles. The van der Waals surface area contributed by atoms with Gasteiger partial charge >= 0.3 is 0 Å². The number of amides is 1. The third-order valence-corrected chi connectivity index (χ3v) is 5.37. The van der Waals surface area contributed by atoms with Crippen molar-refractivity contribution in [1.29, 1.82) is 0 Å². The highest BCUT2D eigenvalue weighted by Crippen LogP contribution is 2.29. The standard InChI is InChI=1S/C18H21N3O2S/c22-17(15-10-23-8-7-19-15)21-18-20-16(11-24-18)14-6-5-12-3-1-2-4-13(12)9-14/h5-6,9,11,15,19H,1-4,7-8,10H2,(H,20,21,22). The third kappa shape index (κ3) is 3.36. The fourth-order valence-corrected chi connectivity index (χ4v) is 4.01. The van der Waals surface area contributed by atoms with Gasteiger partial charge in [0.25, 0.3) is 0 Å². The van der Waals surface area contributed by atoms with E-state index in [9.17, 15) is 4.79 Å². The van der Waals surface area contributed by atoms with Crippen LogP contribution in [0.3, 0.4) is 0 Å². The van der Waals surface area contributed by atoms with Crippen LogP contribution in [0.15, 0.2) is 23.6 Å². The minimum Gasteiger partial charge on any atom is -0.378 e. The van der Waals surface area contributed by atoms with Gasteiger partial charge in [0.05, 0.1) is 18.9 Å². The van der Waals surface area contributed by atoms with Crippen LogP contribution in [0.5, 0.6) is 0 Å². The van der Waals surface area contributed by atoms with Gasteiger partial charge in [-0.05, 0) is 42.9 Å². The van der Waals surface area contributed by atoms with Crippen molar-refractivity contribution in [3.8, 4) is 11.3 Å². The summed E-state index contributed by atoms with van der Waals surface area (Å²) in [6.07, 6.45) is 4.90. The number of carbonyl (C=O) groups excluding carboxylic acids is 1. The zero-order valence-corrected chi connectivity index (χ0v) is 14.3. The van der Waals surface area contributed by atoms with Crippen molar-refractivity contribution in [2.24, 2.45) is 0 Å². The van der Waals surface area contributed by atoms with Crippen LogP contribution >= 0.6 is 11.3 Å². The van der Waals surface area contributed by atoms with Gasteiger partial charge in [-0.3, -0.25) is 4.79 Å². The molecule has 0 radical (unpaired) electrons. The molecule has 24 heavy (non-hydrogen) atoms. The summed E-state index contributed by atoms with van der Waals surface area (Å²) in [5.74, 6) is -0.0824. The van der Waals surface area contributed by atoms with E-state index in [-0.39, 0.29) is 11.9 Å². The molecule has 2 heterocycles. The van der Waals surface area contributed by atoms with Crippen molar-refractivity contribution in [2.45, 2.75) is 31.7 Å². The molecule has 0 bridgehead atoms. The van der Waals surface area contributed by atoms with Crippen molar-refractivity contribution in [3.63, 3.8) is 0 Å². The quantitative estimate of drug-likeness (QED) is 0.899. The van der Waals surface area contributed by atoms with Crippen LogP contribution in [0.25, 0.3) is 11.3 Å². The molecule has 0 saturated carbocycles. The van der Waals surface area contributed by atoms with E-state index in [0.717, 1.165) is 17.7 Å². The summed E-state index contributed by atoms with van der Waals surface area (Å²) in [4.78, 5) is 16.8. The predicted octanol–water partition coefficient (Wildman–Crippen LogP) is 2.62. The van der Waals surface area contributed by atoms with Gasteiger partial charge in [-0.25, -0.2) is 4.98 Å². The van der Waals surface area contributed by atoms with E-state index in [1.807, 2.05) is 5.38 Å². The van der Waals surface area contributed by atoms with Gasteiger partial charge < -0.3 is 15.4 Å². The Bertz CT molecular complexity index is 738. The van der Waals surface area contributed by atoms with Crippen LogP contribution in [0.4, 0.5) is 5.13 Å². The first-order valence-electron chi connectivity index (χ1n) is 8.49. The van der Waals surface area contributed by atoms with E-state index >= 15 is 0 Å². The van der Waals surface area contributed by atoms with E-state index in [1.165, 1.54) is 41.7 Å². The molecule has 2 aromatic rings. The van der Waals surface area contributed by atoms with E-state index in [2.05, 4.69) is 33.8 Å². The van der Waals surface area contributed by atoms with Gasteiger partial charge in [-0.1, -0.05) is 12.1 Å². The molecular formula is C18H21N3O2S. The van der Waals surface area contributed by atoms with Crippen LogP contribution in [-0.2, 0) is 22.4 Å². The number of carbonyl (C=O) groups is 1. The molecule has 0 spiro atoms. The summed E-state index contributed by atoms with van der Waals surface area (Å²) in [6, 6.07) is 6.33. The highest BCUT2D eigenvalue weighted by atomic mass is 32.1. The second kappa shape index (κ2) is 7.01. The smallest absolute Gasteiger partial charge is 0.245 e. The lowest BCUT2D eigenvalue weighted by atomic mass is 9.90. The van der Waals surface area contributed by atoms with Crippen molar-refractivity contribution in [3.05, 3.63) is 34.7 Å². The Morgan fingerprint density at radius 1 is 1.29 bits per heavy atom. The van der Waals surface area contributed by atoms with E-state index in [4.69, 9.17) is 4.74 Å². The molecule has 1 saturated heterocycles. The number of rotatable bonds is 3. The molecule has 5 nitrogen and oxygen atoms in total. The highest BCUT2D eigenvalue weighted by Gasteiger charge is 2.22. The summed E-state index contributed by atoms with van der Waals surface area (Å²) in [6.45, 7) is 1.77. The lowest BCUT2D eigenvalue weighted by Crippen LogP contribution is -2.48. The maximum absolute atomic E-state index is 12.2. The normalized spacial score (nSPS) is 20.4. The molecule has 6 heteroatoms. The first kappa shape index (κ1) is 15.7. The Labute approximate surface area is 145 Å². The molecule has 4 rings (SSSR count). The van der Waals surface area contributed by atoms with E-state index in [1.54, 1.807) is 0 Å². The van der Waals surface area contributed by atoms with Crippen molar-refractivity contribution < 1.29 is 9.53 Å². The highest BCUT2D eigenvalue weighted by molar-refractivity contribution is 7.14. The van der Waals surface area contributed by atoms with Crippen molar-refractivity contribution in [1.82, 2.24) is 10.3 Å². The molecule has 1 aromatic carbocycles. The molecule has 1 aliphatic carbocycles. The summed E-state index contributed by atoms with van der Waals surface area (Å²) in [5.41, 5.74) is 4.97. The monoisotopic (exact) mass is 343 g/mol. The molecule has 2 N–H and O–H groups in total. The molecule has 1 aliphatic heterocycles. The first-order chi connectivity index (χ1) is 11.8. The van der Waals surface area contributed by atoms with Crippen LogP contribution in [0.1, 0.15) is 24.0 Å². The maximum Gasteiger partial charge on any atom is 0.245 e. The van der Waals surface area contributed by atoms with Gasteiger partial charge in [-0.15, -0.1) is 11.3 Å². The number of aryl methyl sites for hydroxylation is 2. The second-order valence-corrected chi connectivity index (χ2v) is 7.16. The van der Waals surface area contributed by atoms with Crippen LogP contribution in [0.2, 0.25) is 0 Å². The molecule has 126 valence electrons. The zero-order valence-electron chi connectivity index (χ0n) is 13.5. The van der Waals surface area contributed by atoms with Crippen LogP contribution < -0.4 is 10.6 Å². The largest absolute Gasteiger partial charge is 0.378 e. The average molecular weight is 343 g/mol. The maximum atomic E-state index is 12.2. The number of thiazole rings is 1. The lowest BCUT2D eigenvalue weighted by Gasteiger charge is -2.22. The van der Waals surface area contributed by atoms with Crippen molar-refractivity contribution in [2.75, 3.05) is 25.1 Å². The lowest BCUT2D eigenvalue weighted by molar-refractivity contribution is -0.120. The average Bonchev–Trinajstić information content (AvgIpc) is 3.10. The Hall–Kier alpha value is -1.76. The second-order valence-electron chi connectivity index (χ2n) is 6.30. The fourth-order valence-electron chi connectivity index (χ4n) is 3.28. The molecule has 2 aliphatic rings. The van der Waals surface area contributed by atoms with Gasteiger partial charge in [0.15, 0.2) is 5.13 Å². The summed E-state index contributed by atoms with van der Waals surface area (Å²) in [7, 11) is 0. The number of nitrogens with zero attached hydrogens (tertiary/aromatic N) is 1. The van der Waals surface area contributed by atoms with Crippen molar-refractivity contribution >= 4 is 22.4 Å². The number of aromatic nitrogens is 1. The van der Waals surface area contributed by atoms with Gasteiger partial charge in [0.2, 0.25) is 5.91 Å². The SMILES string of the molecule is O=C(Nc1nc(-c2ccc3c(c2)CCCC3)cs1)C1COCCN1. The van der Waals surface area contributed by atoms with Gasteiger partial charge in [0, 0.05) is 17.5 Å². The number of ether oxygens (including phenoxy) is 1. The number of fused-ring (bicyclic) bond motifs is 1. The number of hydrogen-bond acceptors (Lipinski definition) is 5. The van der Waals surface area contributed by atoms with E-state index < -0.39 is 0 Å². The Balaban J connectivity index is 1.47. The first-order valence-corrected chi connectivity index (χ1v) is 9.37. The number of morpholine rings is 1. The molecule has 1 fully saturated rings. The van der Waals surface area contributed by atoms with E-state index in [0.29, 0.717) is 24.9 Å². The fraction of sp³-hybridized carbons (Fsp3) is 0.444. The number of anilines is 1. The van der Waals surface area contributed by atoms with Crippen LogP contribution in [-0.4, -0.2) is 36.7 Å². The van der Waals surface area contributed by atoms with Gasteiger partial charge in [-0.2, -0.15) is 0 Å². The Morgan fingerprint density at radius 2 is 2.17 bits per heavy atom. The molecular weight excluding hydrogens is 322 g/mol. The summed E-state index contributed by atoms with van der Waals surface area (Å²) in [5, 5.41) is 8.69. The predicted molar refractivity (Wildman–Crippen MR) is 95.4 cm³/mol. The number of hydrogen-bond donors (Lipinski definition) is 2. The Kier molecular flexibility index (Phi) is 4.60. The zero-order chi connectivity index (χ0) is 16.4. The summed E-state index contributed by atoms with van der Waals surface area (Å²) >= 11 is 1.46. The molecule has 1 amide bonds. The minimum atomic E-state index is -0.296. The van der Waals surface area contributed by atoms with Crippen LogP contribution in [0, 0.1) is 0 Å². The Morgan fingerprint density at radius 3 is 3.00 bits per heavy atom. The number of benzene rings is 1. The molecule has 1 atom stereocenters. The topological polar surface area (TPSA) is 63.2 Å².